The molecule has 0 aromatic heterocycles. The Morgan fingerprint density at radius 3 is 1.85 bits per heavy atom. The van der Waals surface area contributed by atoms with Crippen molar-refractivity contribution in [2.45, 2.75) is 71.3 Å². The Balaban J connectivity index is 0.000000152. The van der Waals surface area contributed by atoms with Crippen molar-refractivity contribution >= 4 is 0 Å². The van der Waals surface area contributed by atoms with Gasteiger partial charge in [-0.15, -0.1) is 0 Å². The van der Waals surface area contributed by atoms with Gasteiger partial charge in [0.1, 0.15) is 0 Å². The van der Waals surface area contributed by atoms with E-state index >= 15 is 0 Å². The van der Waals surface area contributed by atoms with Gasteiger partial charge in [0.2, 0.25) is 0 Å². The maximum atomic E-state index is 3.54. The van der Waals surface area contributed by atoms with Crippen molar-refractivity contribution in [1.82, 2.24) is 20.4 Å². The van der Waals surface area contributed by atoms with Gasteiger partial charge < -0.3 is 20.4 Å². The van der Waals surface area contributed by atoms with Crippen LogP contribution in [0.3, 0.4) is 0 Å². The molecule has 0 amide bonds. The lowest BCUT2D eigenvalue weighted by molar-refractivity contribution is 0.0582. The summed E-state index contributed by atoms with van der Waals surface area (Å²) in [6, 6.07) is 0.745. The maximum Gasteiger partial charge on any atom is 0.00385 e. The predicted octanol–water partition coefficient (Wildman–Crippen LogP) is 2.94. The normalized spacial score (nSPS) is 29.5. The summed E-state index contributed by atoms with van der Waals surface area (Å²) in [5, 5.41) is 7.02. The summed E-state index contributed by atoms with van der Waals surface area (Å²) in [6.45, 7) is 14.9. The van der Waals surface area contributed by atoms with Crippen LogP contribution in [0.25, 0.3) is 0 Å². The van der Waals surface area contributed by atoms with Crippen LogP contribution in [0.4, 0.5) is 0 Å². The molecule has 4 aliphatic rings. The monoisotopic (exact) mass is 364 g/mol. The Morgan fingerprint density at radius 2 is 1.31 bits per heavy atom. The molecule has 4 nitrogen and oxygen atoms in total. The molecule has 4 fully saturated rings. The van der Waals surface area contributed by atoms with Gasteiger partial charge in [0.05, 0.1) is 0 Å². The van der Waals surface area contributed by atoms with E-state index in [1.165, 1.54) is 104 Å². The first-order valence-corrected chi connectivity index (χ1v) is 11.4. The van der Waals surface area contributed by atoms with Crippen LogP contribution in [0.2, 0.25) is 0 Å². The van der Waals surface area contributed by atoms with Gasteiger partial charge in [0, 0.05) is 12.6 Å². The average molecular weight is 365 g/mol. The average Bonchev–Trinajstić information content (AvgIpc) is 2.67. The number of nitrogens with one attached hydrogen (secondary N) is 2. The summed E-state index contributed by atoms with van der Waals surface area (Å²) in [5.41, 5.74) is 1.40. The highest BCUT2D eigenvalue weighted by molar-refractivity contribution is 4.90. The molecule has 0 aromatic carbocycles. The molecule has 4 saturated heterocycles. The number of rotatable bonds is 1. The molecule has 2 spiro atoms. The first-order chi connectivity index (χ1) is 12.5. The molecular weight excluding hydrogens is 320 g/mol. The van der Waals surface area contributed by atoms with Crippen molar-refractivity contribution in [2.24, 2.45) is 10.8 Å². The fourth-order valence-electron chi connectivity index (χ4n) is 5.52. The van der Waals surface area contributed by atoms with E-state index in [4.69, 9.17) is 0 Å². The number of piperidine rings is 4. The third kappa shape index (κ3) is 5.43. The molecule has 4 heteroatoms. The maximum absolute atomic E-state index is 3.54. The predicted molar refractivity (Wildman–Crippen MR) is 112 cm³/mol. The van der Waals surface area contributed by atoms with Gasteiger partial charge in [-0.2, -0.15) is 0 Å². The minimum absolute atomic E-state index is 0.685. The van der Waals surface area contributed by atoms with E-state index in [1.54, 1.807) is 0 Å². The van der Waals surface area contributed by atoms with Crippen molar-refractivity contribution in [3.8, 4) is 0 Å². The molecule has 2 N–H and O–H groups in total. The summed E-state index contributed by atoms with van der Waals surface area (Å²) in [7, 11) is 2.24. The van der Waals surface area contributed by atoms with E-state index in [2.05, 4.69) is 41.3 Å². The molecular formula is C22H44N4. The zero-order valence-corrected chi connectivity index (χ0v) is 17.8. The highest BCUT2D eigenvalue weighted by Crippen LogP contribution is 2.39. The van der Waals surface area contributed by atoms with Gasteiger partial charge >= 0.3 is 0 Å². The second kappa shape index (κ2) is 9.36. The first-order valence-electron chi connectivity index (χ1n) is 11.4. The van der Waals surface area contributed by atoms with Crippen molar-refractivity contribution in [2.75, 3.05) is 59.4 Å². The van der Waals surface area contributed by atoms with E-state index in [-0.39, 0.29) is 0 Å². The third-order valence-electron chi connectivity index (χ3n) is 7.86. The Morgan fingerprint density at radius 1 is 0.692 bits per heavy atom. The minimum atomic E-state index is 0.685. The fourth-order valence-corrected chi connectivity index (χ4v) is 5.52. The van der Waals surface area contributed by atoms with Gasteiger partial charge in [-0.3, -0.25) is 0 Å². The summed E-state index contributed by atoms with van der Waals surface area (Å²) < 4.78 is 0. The van der Waals surface area contributed by atoms with Crippen LogP contribution >= 0.6 is 0 Å². The SMILES string of the molecule is CC(C)N1CCC2(CCNCC2)CC1.CN1CCC2(CCCNC2)CC1. The Kier molecular flexibility index (Phi) is 7.40. The summed E-state index contributed by atoms with van der Waals surface area (Å²) in [5.74, 6) is 0. The van der Waals surface area contributed by atoms with E-state index in [9.17, 15) is 0 Å². The van der Waals surface area contributed by atoms with Crippen molar-refractivity contribution in [3.63, 3.8) is 0 Å². The Labute approximate surface area is 162 Å². The van der Waals surface area contributed by atoms with Gasteiger partial charge in [-0.05, 0) is 129 Å². The lowest BCUT2D eigenvalue weighted by Crippen LogP contribution is -2.47. The van der Waals surface area contributed by atoms with Crippen molar-refractivity contribution in [3.05, 3.63) is 0 Å². The molecule has 4 rings (SSSR count). The molecule has 0 saturated carbocycles. The number of likely N-dealkylation sites (tertiary alicyclic amines) is 2. The van der Waals surface area contributed by atoms with Crippen LogP contribution < -0.4 is 10.6 Å². The molecule has 4 heterocycles. The molecule has 0 atom stereocenters. The topological polar surface area (TPSA) is 30.5 Å². The molecule has 0 aromatic rings. The zero-order chi connectivity index (χ0) is 18.5. The number of nitrogens with zero attached hydrogens (tertiary/aromatic N) is 2. The van der Waals surface area contributed by atoms with Crippen LogP contribution in [0.15, 0.2) is 0 Å². The standard InChI is InChI=1S/C12H24N2.C10H20N2/c1-11(2)14-9-5-12(6-10-14)3-7-13-8-4-12;1-12-7-4-10(5-8-12)3-2-6-11-9-10/h11,13H,3-10H2,1-2H3;11H,2-9H2,1H3. The lowest BCUT2D eigenvalue weighted by atomic mass is 9.71. The van der Waals surface area contributed by atoms with E-state index in [0.29, 0.717) is 5.41 Å². The van der Waals surface area contributed by atoms with E-state index in [0.717, 1.165) is 11.5 Å². The summed E-state index contributed by atoms with van der Waals surface area (Å²) >= 11 is 0. The second-order valence-electron chi connectivity index (χ2n) is 9.96. The van der Waals surface area contributed by atoms with Crippen LogP contribution in [0.1, 0.15) is 65.2 Å². The van der Waals surface area contributed by atoms with Crippen LogP contribution in [0.5, 0.6) is 0 Å². The molecule has 0 radical (unpaired) electrons. The molecule has 0 aliphatic carbocycles. The Bertz CT molecular complexity index is 390. The van der Waals surface area contributed by atoms with Crippen molar-refractivity contribution < 1.29 is 0 Å². The highest BCUT2D eigenvalue weighted by Gasteiger charge is 2.36. The quantitative estimate of drug-likeness (QED) is 0.749. The highest BCUT2D eigenvalue weighted by atomic mass is 15.2. The third-order valence-corrected chi connectivity index (χ3v) is 7.86. The van der Waals surface area contributed by atoms with Gasteiger partial charge in [-0.1, -0.05) is 0 Å². The van der Waals surface area contributed by atoms with Crippen molar-refractivity contribution in [1.29, 1.82) is 0 Å². The number of hydrogen-bond acceptors (Lipinski definition) is 4. The van der Waals surface area contributed by atoms with Crippen LogP contribution in [-0.2, 0) is 0 Å². The van der Waals surface area contributed by atoms with Gasteiger partial charge in [0.25, 0.3) is 0 Å². The molecule has 0 unspecified atom stereocenters. The lowest BCUT2D eigenvalue weighted by Gasteiger charge is -2.45. The summed E-state index contributed by atoms with van der Waals surface area (Å²) in [4.78, 5) is 5.09. The largest absolute Gasteiger partial charge is 0.317 e. The summed E-state index contributed by atoms with van der Waals surface area (Å²) in [6.07, 6.45) is 11.4. The smallest absolute Gasteiger partial charge is 0.00385 e. The van der Waals surface area contributed by atoms with E-state index < -0.39 is 0 Å². The minimum Gasteiger partial charge on any atom is -0.317 e. The molecule has 0 bridgehead atoms. The Hall–Kier alpha value is -0.160. The van der Waals surface area contributed by atoms with Gasteiger partial charge in [-0.25, -0.2) is 0 Å². The molecule has 4 aliphatic heterocycles. The first kappa shape index (κ1) is 20.6. The van der Waals surface area contributed by atoms with Crippen LogP contribution in [-0.4, -0.2) is 75.2 Å². The zero-order valence-electron chi connectivity index (χ0n) is 17.8. The molecule has 152 valence electrons. The van der Waals surface area contributed by atoms with Crippen LogP contribution in [0, 0.1) is 10.8 Å². The second-order valence-corrected chi connectivity index (χ2v) is 9.96. The number of hydrogen-bond donors (Lipinski definition) is 2. The fraction of sp³-hybridized carbons (Fsp3) is 1.00. The molecule has 26 heavy (non-hydrogen) atoms. The van der Waals surface area contributed by atoms with E-state index in [1.807, 2.05) is 0 Å². The van der Waals surface area contributed by atoms with Gasteiger partial charge in [0.15, 0.2) is 0 Å².